The average molecular weight is 389 g/mol. The molecule has 1 atom stereocenters. The van der Waals surface area contributed by atoms with Crippen molar-refractivity contribution >= 4 is 33.0 Å². The fourth-order valence-corrected chi connectivity index (χ4v) is 4.49. The summed E-state index contributed by atoms with van der Waals surface area (Å²) in [7, 11) is -2.01. The van der Waals surface area contributed by atoms with Gasteiger partial charge in [-0.25, -0.2) is 8.42 Å². The van der Waals surface area contributed by atoms with E-state index in [1.807, 2.05) is 0 Å². The summed E-state index contributed by atoms with van der Waals surface area (Å²) in [4.78, 5) is 0. The highest BCUT2D eigenvalue weighted by Gasteiger charge is 2.30. The third kappa shape index (κ3) is 4.86. The molecule has 130 valence electrons. The molecular weight excluding hydrogens is 371 g/mol. The fraction of sp³-hybridized carbons (Fsp3) is 0.294. The highest BCUT2D eigenvalue weighted by Crippen LogP contribution is 2.30. The number of hydrogen-bond acceptors (Lipinski definition) is 4. The summed E-state index contributed by atoms with van der Waals surface area (Å²) in [5.41, 5.74) is -0.546. The van der Waals surface area contributed by atoms with E-state index in [1.54, 1.807) is 37.4 Å². The number of ether oxygens (including phenoxy) is 1. The minimum atomic E-state index is -3.55. The lowest BCUT2D eigenvalue weighted by Crippen LogP contribution is -2.32. The van der Waals surface area contributed by atoms with Crippen molar-refractivity contribution < 1.29 is 18.3 Å². The molecule has 0 heterocycles. The summed E-state index contributed by atoms with van der Waals surface area (Å²) in [6, 6.07) is 11.3. The first-order valence-electron chi connectivity index (χ1n) is 7.14. The molecule has 0 saturated heterocycles. The van der Waals surface area contributed by atoms with Gasteiger partial charge in [0.1, 0.15) is 11.4 Å². The van der Waals surface area contributed by atoms with Crippen LogP contribution >= 0.6 is 23.2 Å². The largest absolute Gasteiger partial charge is 0.497 e. The Morgan fingerprint density at radius 2 is 1.71 bits per heavy atom. The number of halogens is 2. The van der Waals surface area contributed by atoms with Crippen molar-refractivity contribution in [1.29, 1.82) is 0 Å². The van der Waals surface area contributed by atoms with Crippen LogP contribution in [0.1, 0.15) is 18.1 Å². The molecule has 1 N–H and O–H groups in total. The van der Waals surface area contributed by atoms with E-state index < -0.39 is 21.2 Å². The van der Waals surface area contributed by atoms with E-state index in [1.165, 1.54) is 19.1 Å². The molecule has 0 radical (unpaired) electrons. The van der Waals surface area contributed by atoms with E-state index in [-0.39, 0.29) is 10.8 Å². The molecule has 7 heteroatoms. The quantitative estimate of drug-likeness (QED) is 0.816. The van der Waals surface area contributed by atoms with E-state index in [0.29, 0.717) is 21.9 Å². The summed E-state index contributed by atoms with van der Waals surface area (Å²) >= 11 is 11.8. The summed E-state index contributed by atoms with van der Waals surface area (Å²) in [6.45, 7) is 1.44. The van der Waals surface area contributed by atoms with Crippen molar-refractivity contribution in [2.75, 3.05) is 12.9 Å². The van der Waals surface area contributed by atoms with Crippen molar-refractivity contribution in [2.45, 2.75) is 18.3 Å². The summed E-state index contributed by atoms with van der Waals surface area (Å²) in [5, 5.41) is 11.2. The Hall–Kier alpha value is -1.27. The second kappa shape index (κ2) is 7.31. The predicted octanol–water partition coefficient (Wildman–Crippen LogP) is 3.82. The van der Waals surface area contributed by atoms with Gasteiger partial charge >= 0.3 is 0 Å². The van der Waals surface area contributed by atoms with E-state index in [2.05, 4.69) is 0 Å². The van der Waals surface area contributed by atoms with Gasteiger partial charge in [-0.3, -0.25) is 0 Å². The van der Waals surface area contributed by atoms with Gasteiger partial charge in [0.05, 0.1) is 28.7 Å². The van der Waals surface area contributed by atoms with Crippen LogP contribution in [0.5, 0.6) is 5.75 Å². The fourth-order valence-electron chi connectivity index (χ4n) is 2.37. The van der Waals surface area contributed by atoms with E-state index in [4.69, 9.17) is 27.9 Å². The Morgan fingerprint density at radius 1 is 1.08 bits per heavy atom. The molecule has 0 fully saturated rings. The topological polar surface area (TPSA) is 63.6 Å². The summed E-state index contributed by atoms with van der Waals surface area (Å²) < 4.78 is 29.9. The van der Waals surface area contributed by atoms with Crippen molar-refractivity contribution in [3.63, 3.8) is 0 Å². The molecular formula is C17H18Cl2O4S. The van der Waals surface area contributed by atoms with Crippen LogP contribution in [0.4, 0.5) is 0 Å². The number of rotatable bonds is 6. The highest BCUT2D eigenvalue weighted by molar-refractivity contribution is 7.90. The maximum Gasteiger partial charge on any atom is 0.157 e. The molecule has 0 saturated carbocycles. The molecule has 2 aromatic carbocycles. The molecule has 0 amide bonds. The molecule has 0 bridgehead atoms. The maximum atomic E-state index is 12.4. The molecule has 0 unspecified atom stereocenters. The Morgan fingerprint density at radius 3 is 2.25 bits per heavy atom. The second-order valence-corrected chi connectivity index (χ2v) is 8.66. The summed E-state index contributed by atoms with van der Waals surface area (Å²) in [5.74, 6) is 0.0531. The smallest absolute Gasteiger partial charge is 0.157 e. The SMILES string of the molecule is COc1ccc(CS(=O)(=O)C[C@](C)(O)c2ccc(Cl)c(Cl)c2)cc1. The zero-order valence-corrected chi connectivity index (χ0v) is 15.6. The van der Waals surface area contributed by atoms with Crippen molar-refractivity contribution in [3.8, 4) is 5.75 Å². The zero-order valence-electron chi connectivity index (χ0n) is 13.3. The molecule has 24 heavy (non-hydrogen) atoms. The van der Waals surface area contributed by atoms with E-state index in [9.17, 15) is 13.5 Å². The van der Waals surface area contributed by atoms with E-state index in [0.717, 1.165) is 0 Å². The molecule has 0 aliphatic heterocycles. The minimum absolute atomic E-state index is 0.172. The van der Waals surface area contributed by atoms with Gasteiger partial charge in [0.15, 0.2) is 9.84 Å². The lowest BCUT2D eigenvalue weighted by atomic mass is 9.98. The van der Waals surface area contributed by atoms with Gasteiger partial charge in [-0.2, -0.15) is 0 Å². The van der Waals surface area contributed by atoms with Crippen LogP contribution in [0.25, 0.3) is 0 Å². The zero-order chi connectivity index (χ0) is 18.0. The van der Waals surface area contributed by atoms with Gasteiger partial charge in [0, 0.05) is 0 Å². The number of sulfone groups is 1. The third-order valence-corrected chi connectivity index (χ3v) is 6.10. The summed E-state index contributed by atoms with van der Waals surface area (Å²) in [6.07, 6.45) is 0. The van der Waals surface area contributed by atoms with Gasteiger partial charge in [0.25, 0.3) is 0 Å². The van der Waals surface area contributed by atoms with Gasteiger partial charge in [0.2, 0.25) is 0 Å². The molecule has 4 nitrogen and oxygen atoms in total. The van der Waals surface area contributed by atoms with Crippen LogP contribution in [-0.2, 0) is 21.2 Å². The molecule has 2 rings (SSSR count). The van der Waals surface area contributed by atoms with Crippen LogP contribution < -0.4 is 4.74 Å². The highest BCUT2D eigenvalue weighted by atomic mass is 35.5. The van der Waals surface area contributed by atoms with Crippen LogP contribution in [0.2, 0.25) is 10.0 Å². The first-order valence-corrected chi connectivity index (χ1v) is 9.72. The van der Waals surface area contributed by atoms with Crippen LogP contribution in [-0.4, -0.2) is 26.4 Å². The Kier molecular flexibility index (Phi) is 5.81. The molecule has 0 aliphatic rings. The molecule has 0 spiro atoms. The number of methoxy groups -OCH3 is 1. The Balaban J connectivity index is 2.18. The molecule has 0 aliphatic carbocycles. The van der Waals surface area contributed by atoms with Gasteiger partial charge < -0.3 is 9.84 Å². The van der Waals surface area contributed by atoms with Crippen molar-refractivity contribution in [2.24, 2.45) is 0 Å². The Labute approximate surface area is 151 Å². The predicted molar refractivity (Wildman–Crippen MR) is 96.5 cm³/mol. The lowest BCUT2D eigenvalue weighted by Gasteiger charge is -2.24. The average Bonchev–Trinajstić information content (AvgIpc) is 2.49. The van der Waals surface area contributed by atoms with Gasteiger partial charge in [-0.1, -0.05) is 41.4 Å². The molecule has 0 aromatic heterocycles. The normalized spacial score (nSPS) is 14.2. The van der Waals surface area contributed by atoms with E-state index >= 15 is 0 Å². The lowest BCUT2D eigenvalue weighted by molar-refractivity contribution is 0.0819. The van der Waals surface area contributed by atoms with Crippen LogP contribution in [0.15, 0.2) is 42.5 Å². The second-order valence-electron chi connectivity index (χ2n) is 5.78. The van der Waals surface area contributed by atoms with Gasteiger partial charge in [-0.05, 0) is 42.3 Å². The van der Waals surface area contributed by atoms with Crippen molar-refractivity contribution in [1.82, 2.24) is 0 Å². The third-order valence-electron chi connectivity index (χ3n) is 3.59. The standard InChI is InChI=1S/C17H18Cl2O4S/c1-17(20,13-5-8-15(18)16(19)9-13)11-24(21,22)10-12-3-6-14(23-2)7-4-12/h3-9,20H,10-11H2,1-2H3/t17-/m0/s1. The molecule has 2 aromatic rings. The number of aliphatic hydroxyl groups is 1. The monoisotopic (exact) mass is 388 g/mol. The first-order chi connectivity index (χ1) is 11.1. The number of hydrogen-bond donors (Lipinski definition) is 1. The Bertz CT molecular complexity index is 815. The van der Waals surface area contributed by atoms with Crippen LogP contribution in [0, 0.1) is 0 Å². The minimum Gasteiger partial charge on any atom is -0.497 e. The maximum absolute atomic E-state index is 12.4. The first kappa shape index (κ1) is 19.1. The van der Waals surface area contributed by atoms with Gasteiger partial charge in [-0.15, -0.1) is 0 Å². The van der Waals surface area contributed by atoms with Crippen LogP contribution in [0.3, 0.4) is 0 Å². The number of benzene rings is 2. The van der Waals surface area contributed by atoms with Crippen molar-refractivity contribution in [3.05, 3.63) is 63.6 Å².